The van der Waals surface area contributed by atoms with E-state index in [2.05, 4.69) is 18.2 Å². The Labute approximate surface area is 198 Å². The van der Waals surface area contributed by atoms with Gasteiger partial charge in [0.1, 0.15) is 5.75 Å². The molecule has 4 saturated carbocycles. The Hall–Kier alpha value is -2.55. The van der Waals surface area contributed by atoms with Crippen molar-refractivity contribution in [1.82, 2.24) is 0 Å². The lowest BCUT2D eigenvalue weighted by Crippen LogP contribution is -2.48. The van der Waals surface area contributed by atoms with E-state index < -0.39 is 0 Å². The molecule has 174 valence electrons. The molecule has 33 heavy (non-hydrogen) atoms. The van der Waals surface area contributed by atoms with Crippen LogP contribution < -0.4 is 4.74 Å². The van der Waals surface area contributed by atoms with E-state index in [0.29, 0.717) is 17.6 Å². The molecule has 2 aromatic rings. The van der Waals surface area contributed by atoms with Crippen LogP contribution in [0.15, 0.2) is 54.6 Å². The van der Waals surface area contributed by atoms with Gasteiger partial charge in [0.05, 0.1) is 19.3 Å². The minimum absolute atomic E-state index is 0.251. The number of carbonyl (C=O) groups is 1. The van der Waals surface area contributed by atoms with E-state index in [1.807, 2.05) is 50.4 Å². The Balaban J connectivity index is 1.34. The zero-order chi connectivity index (χ0) is 22.8. The highest BCUT2D eigenvalue weighted by Crippen LogP contribution is 2.61. The van der Waals surface area contributed by atoms with Gasteiger partial charge in [-0.2, -0.15) is 0 Å². The number of rotatable bonds is 8. The van der Waals surface area contributed by atoms with Gasteiger partial charge in [-0.05, 0) is 98.7 Å². The summed E-state index contributed by atoms with van der Waals surface area (Å²) in [6.07, 6.45) is 12.1. The molecular weight excluding hydrogens is 408 g/mol. The van der Waals surface area contributed by atoms with Crippen molar-refractivity contribution >= 4 is 11.5 Å². The first-order valence-electron chi connectivity index (χ1n) is 12.7. The van der Waals surface area contributed by atoms with Gasteiger partial charge in [-0.15, -0.1) is 0 Å². The van der Waals surface area contributed by atoms with Crippen molar-refractivity contribution < 1.29 is 14.3 Å². The first kappa shape index (κ1) is 22.3. The Morgan fingerprint density at radius 2 is 1.67 bits per heavy atom. The van der Waals surface area contributed by atoms with E-state index in [9.17, 15) is 4.79 Å². The lowest BCUT2D eigenvalue weighted by atomic mass is 9.48. The van der Waals surface area contributed by atoms with Gasteiger partial charge in [-0.1, -0.05) is 48.5 Å². The number of benzene rings is 2. The van der Waals surface area contributed by atoms with E-state index in [0.717, 1.165) is 41.9 Å². The molecular formula is C30H36O3. The number of esters is 1. The van der Waals surface area contributed by atoms with Crippen LogP contribution in [0, 0.1) is 17.8 Å². The number of carbonyl (C=O) groups excluding carboxylic acids is 1. The van der Waals surface area contributed by atoms with Gasteiger partial charge in [0.15, 0.2) is 0 Å². The van der Waals surface area contributed by atoms with Gasteiger partial charge < -0.3 is 9.47 Å². The second-order valence-electron chi connectivity index (χ2n) is 10.5. The molecule has 0 radical (unpaired) electrons. The molecule has 0 N–H and O–H groups in total. The summed E-state index contributed by atoms with van der Waals surface area (Å²) in [7, 11) is 1.82. The van der Waals surface area contributed by atoms with Crippen molar-refractivity contribution in [2.75, 3.05) is 13.7 Å². The molecule has 4 aliphatic rings. The van der Waals surface area contributed by atoms with Crippen molar-refractivity contribution in [2.45, 2.75) is 63.7 Å². The summed E-state index contributed by atoms with van der Waals surface area (Å²) in [4.78, 5) is 12.5. The van der Waals surface area contributed by atoms with E-state index in [4.69, 9.17) is 9.47 Å². The molecule has 0 amide bonds. The molecule has 0 unspecified atom stereocenters. The molecule has 0 aliphatic heterocycles. The molecule has 0 atom stereocenters. The molecule has 3 nitrogen and oxygen atoms in total. The third-order valence-corrected chi connectivity index (χ3v) is 8.24. The average molecular weight is 445 g/mol. The molecule has 3 heteroatoms. The van der Waals surface area contributed by atoms with Gasteiger partial charge in [0.2, 0.25) is 0 Å². The van der Waals surface area contributed by atoms with E-state index in [1.165, 1.54) is 49.7 Å². The summed E-state index contributed by atoms with van der Waals surface area (Å²) in [5, 5.41) is 0. The van der Waals surface area contributed by atoms with Crippen LogP contribution in [-0.4, -0.2) is 19.7 Å². The molecule has 0 spiro atoms. The monoisotopic (exact) mass is 444 g/mol. The smallest absolute Gasteiger partial charge is 0.338 e. The zero-order valence-electron chi connectivity index (χ0n) is 20.0. The number of hydrogen-bond donors (Lipinski definition) is 0. The highest BCUT2D eigenvalue weighted by molar-refractivity contribution is 6.16. The lowest BCUT2D eigenvalue weighted by molar-refractivity contribution is -0.136. The van der Waals surface area contributed by atoms with Crippen LogP contribution in [0.25, 0.3) is 5.57 Å². The first-order chi connectivity index (χ1) is 16.1. The topological polar surface area (TPSA) is 35.5 Å². The van der Waals surface area contributed by atoms with Crippen LogP contribution in [-0.2, 0) is 21.4 Å². The van der Waals surface area contributed by atoms with Gasteiger partial charge >= 0.3 is 5.97 Å². The van der Waals surface area contributed by atoms with Crippen LogP contribution in [0.3, 0.4) is 0 Å². The maximum atomic E-state index is 12.5. The minimum Gasteiger partial charge on any atom is -0.496 e. The predicted molar refractivity (Wildman–Crippen MR) is 132 cm³/mol. The lowest BCUT2D eigenvalue weighted by Gasteiger charge is -2.57. The number of hydrogen-bond acceptors (Lipinski definition) is 3. The second kappa shape index (κ2) is 9.37. The Morgan fingerprint density at radius 1 is 1.00 bits per heavy atom. The molecule has 0 saturated heterocycles. The Morgan fingerprint density at radius 3 is 2.27 bits per heavy atom. The second-order valence-corrected chi connectivity index (χ2v) is 10.5. The largest absolute Gasteiger partial charge is 0.496 e. The summed E-state index contributed by atoms with van der Waals surface area (Å²) in [6, 6.07) is 16.7. The normalized spacial score (nSPS) is 28.1. The zero-order valence-corrected chi connectivity index (χ0v) is 20.0. The maximum absolute atomic E-state index is 12.5. The number of methoxy groups -OCH3 is 1. The minimum atomic E-state index is -0.251. The summed E-state index contributed by atoms with van der Waals surface area (Å²) >= 11 is 0. The quantitative estimate of drug-likeness (QED) is 0.334. The number of ether oxygens (including phenoxy) is 2. The summed E-state index contributed by atoms with van der Waals surface area (Å²) in [5.41, 5.74) is 4.59. The fraction of sp³-hybridized carbons (Fsp3) is 0.500. The van der Waals surface area contributed by atoms with Gasteiger partial charge in [-0.25, -0.2) is 4.79 Å². The van der Waals surface area contributed by atoms with Gasteiger partial charge in [0.25, 0.3) is 0 Å². The van der Waals surface area contributed by atoms with E-state index >= 15 is 0 Å². The fourth-order valence-corrected chi connectivity index (χ4v) is 7.30. The van der Waals surface area contributed by atoms with Crippen molar-refractivity contribution in [2.24, 2.45) is 17.8 Å². The van der Waals surface area contributed by atoms with Crippen LogP contribution >= 0.6 is 0 Å². The molecule has 2 aromatic carbocycles. The maximum Gasteiger partial charge on any atom is 0.338 e. The van der Waals surface area contributed by atoms with Crippen molar-refractivity contribution in [3.05, 3.63) is 71.3 Å². The Kier molecular flexibility index (Phi) is 6.32. The fourth-order valence-electron chi connectivity index (χ4n) is 7.30. The van der Waals surface area contributed by atoms with Crippen molar-refractivity contribution in [1.29, 1.82) is 0 Å². The molecule has 6 rings (SSSR count). The SMILES string of the molecule is CCOC(=O)/C(=C/CCc1ccc(C23CC4CC(CC(C4)C2)C3)c(OC)c1)c1ccccc1. The summed E-state index contributed by atoms with van der Waals surface area (Å²) < 4.78 is 11.3. The highest BCUT2D eigenvalue weighted by Gasteiger charge is 2.52. The summed E-state index contributed by atoms with van der Waals surface area (Å²) in [6.45, 7) is 2.23. The molecule has 4 fully saturated rings. The third kappa shape index (κ3) is 4.47. The van der Waals surface area contributed by atoms with Crippen molar-refractivity contribution in [3.63, 3.8) is 0 Å². The van der Waals surface area contributed by atoms with Gasteiger partial charge in [0, 0.05) is 5.56 Å². The van der Waals surface area contributed by atoms with E-state index in [1.54, 1.807) is 0 Å². The molecule has 0 heterocycles. The van der Waals surface area contributed by atoms with Crippen molar-refractivity contribution in [3.8, 4) is 5.75 Å². The number of aryl methyl sites for hydroxylation is 1. The van der Waals surface area contributed by atoms with Crippen LogP contribution in [0.2, 0.25) is 0 Å². The molecule has 4 bridgehead atoms. The Bertz CT molecular complexity index is 985. The predicted octanol–water partition coefficient (Wildman–Crippen LogP) is 6.74. The highest BCUT2D eigenvalue weighted by atomic mass is 16.5. The van der Waals surface area contributed by atoms with Crippen LogP contribution in [0.1, 0.15) is 68.6 Å². The van der Waals surface area contributed by atoms with Gasteiger partial charge in [-0.3, -0.25) is 0 Å². The molecule has 0 aromatic heterocycles. The average Bonchev–Trinajstić information content (AvgIpc) is 2.81. The first-order valence-corrected chi connectivity index (χ1v) is 12.7. The summed E-state index contributed by atoms with van der Waals surface area (Å²) in [5.74, 6) is 3.57. The standard InChI is InChI=1S/C30H36O3/c1-3-33-29(31)26(25-9-5-4-6-10-25)11-7-8-21-12-13-27(28(17-21)32-2)30-18-22-14-23(19-30)16-24(15-22)20-30/h4-6,9-13,17,22-24H,3,7-8,14-16,18-20H2,1-2H3/b26-11+. The number of allylic oxidation sites excluding steroid dienone is 1. The van der Waals surface area contributed by atoms with E-state index in [-0.39, 0.29) is 5.97 Å². The molecule has 4 aliphatic carbocycles. The van der Waals surface area contributed by atoms with Crippen LogP contribution in [0.4, 0.5) is 0 Å². The third-order valence-electron chi connectivity index (χ3n) is 8.24. The van der Waals surface area contributed by atoms with Crippen LogP contribution in [0.5, 0.6) is 5.75 Å².